The van der Waals surface area contributed by atoms with Crippen LogP contribution in [-0.4, -0.2) is 6.10 Å². The Bertz CT molecular complexity index is 329. The smallest absolute Gasteiger partial charge is 0.126 e. The third-order valence-electron chi connectivity index (χ3n) is 2.27. The van der Waals surface area contributed by atoms with Gasteiger partial charge < -0.3 is 4.74 Å². The zero-order valence-corrected chi connectivity index (χ0v) is 7.93. The number of halogens is 1. The summed E-state index contributed by atoms with van der Waals surface area (Å²) in [6.45, 7) is 3.63. The monoisotopic (exact) mass is 180 g/mol. The van der Waals surface area contributed by atoms with Crippen LogP contribution in [0.2, 0.25) is 0 Å². The van der Waals surface area contributed by atoms with Gasteiger partial charge in [-0.2, -0.15) is 0 Å². The molecule has 1 aliphatic carbocycles. The van der Waals surface area contributed by atoms with Crippen molar-refractivity contribution in [3.63, 3.8) is 0 Å². The van der Waals surface area contributed by atoms with Gasteiger partial charge >= 0.3 is 0 Å². The van der Waals surface area contributed by atoms with Gasteiger partial charge in [0.2, 0.25) is 0 Å². The zero-order valence-electron chi connectivity index (χ0n) is 7.93. The summed E-state index contributed by atoms with van der Waals surface area (Å²) in [6.07, 6.45) is 2.65. The fourth-order valence-electron chi connectivity index (χ4n) is 1.25. The Morgan fingerprint density at radius 1 is 1.23 bits per heavy atom. The van der Waals surface area contributed by atoms with Crippen molar-refractivity contribution >= 4 is 0 Å². The molecule has 1 fully saturated rings. The molecular weight excluding hydrogens is 167 g/mol. The van der Waals surface area contributed by atoms with Crippen molar-refractivity contribution in [2.45, 2.75) is 32.8 Å². The maximum atomic E-state index is 13.1. The van der Waals surface area contributed by atoms with Crippen molar-refractivity contribution in [3.8, 4) is 5.75 Å². The van der Waals surface area contributed by atoms with E-state index in [-0.39, 0.29) is 5.82 Å². The van der Waals surface area contributed by atoms with Crippen molar-refractivity contribution in [2.24, 2.45) is 0 Å². The van der Waals surface area contributed by atoms with Gasteiger partial charge in [0, 0.05) is 0 Å². The van der Waals surface area contributed by atoms with Gasteiger partial charge in [-0.3, -0.25) is 0 Å². The Kier molecular flexibility index (Phi) is 1.98. The van der Waals surface area contributed by atoms with Crippen LogP contribution in [0.4, 0.5) is 4.39 Å². The molecule has 1 nitrogen and oxygen atoms in total. The van der Waals surface area contributed by atoms with E-state index < -0.39 is 0 Å². The standard InChI is InChI=1S/C11H13FO/c1-7-6-11(13-9-3-4-9)8(2)5-10(7)12/h5-6,9H,3-4H2,1-2H3. The molecule has 1 saturated carbocycles. The third-order valence-corrected chi connectivity index (χ3v) is 2.27. The highest BCUT2D eigenvalue weighted by atomic mass is 19.1. The first-order valence-corrected chi connectivity index (χ1v) is 4.60. The first kappa shape index (κ1) is 8.54. The molecule has 0 spiro atoms. The highest BCUT2D eigenvalue weighted by molar-refractivity contribution is 5.37. The minimum Gasteiger partial charge on any atom is -0.490 e. The van der Waals surface area contributed by atoms with Crippen LogP contribution < -0.4 is 4.74 Å². The Labute approximate surface area is 77.5 Å². The molecule has 13 heavy (non-hydrogen) atoms. The Morgan fingerprint density at radius 2 is 1.92 bits per heavy atom. The molecule has 0 aliphatic heterocycles. The molecule has 0 saturated heterocycles. The van der Waals surface area contributed by atoms with Crippen molar-refractivity contribution in [1.29, 1.82) is 0 Å². The van der Waals surface area contributed by atoms with Crippen molar-refractivity contribution < 1.29 is 9.13 Å². The Morgan fingerprint density at radius 3 is 2.54 bits per heavy atom. The number of benzene rings is 1. The molecule has 0 heterocycles. The number of aryl methyl sites for hydroxylation is 2. The molecule has 70 valence electrons. The minimum atomic E-state index is -0.152. The van der Waals surface area contributed by atoms with Gasteiger partial charge in [-0.05, 0) is 49.9 Å². The van der Waals surface area contributed by atoms with Crippen molar-refractivity contribution in [3.05, 3.63) is 29.1 Å². The van der Waals surface area contributed by atoms with Gasteiger partial charge in [-0.1, -0.05) is 0 Å². The zero-order chi connectivity index (χ0) is 9.42. The van der Waals surface area contributed by atoms with Crippen LogP contribution in [0.25, 0.3) is 0 Å². The van der Waals surface area contributed by atoms with Gasteiger partial charge in [-0.25, -0.2) is 4.39 Å². The van der Waals surface area contributed by atoms with E-state index in [1.54, 1.807) is 13.0 Å². The van der Waals surface area contributed by atoms with Gasteiger partial charge in [-0.15, -0.1) is 0 Å². The summed E-state index contributed by atoms with van der Waals surface area (Å²) < 4.78 is 18.7. The summed E-state index contributed by atoms with van der Waals surface area (Å²) in [6, 6.07) is 3.32. The third kappa shape index (κ3) is 1.82. The molecule has 0 radical (unpaired) electrons. The summed E-state index contributed by atoms with van der Waals surface area (Å²) in [7, 11) is 0. The quantitative estimate of drug-likeness (QED) is 0.679. The van der Waals surface area contributed by atoms with Crippen LogP contribution >= 0.6 is 0 Å². The molecule has 1 aromatic carbocycles. The van der Waals surface area contributed by atoms with Gasteiger partial charge in [0.05, 0.1) is 6.10 Å². The van der Waals surface area contributed by atoms with Crippen LogP contribution in [0.15, 0.2) is 12.1 Å². The molecule has 0 atom stereocenters. The van der Waals surface area contributed by atoms with Crippen LogP contribution in [0.1, 0.15) is 24.0 Å². The van der Waals surface area contributed by atoms with Gasteiger partial charge in [0.15, 0.2) is 0 Å². The van der Waals surface area contributed by atoms with E-state index in [4.69, 9.17) is 4.74 Å². The molecule has 0 aromatic heterocycles. The molecule has 0 N–H and O–H groups in total. The predicted molar refractivity (Wildman–Crippen MR) is 49.5 cm³/mol. The maximum Gasteiger partial charge on any atom is 0.126 e. The molecule has 1 aliphatic rings. The Balaban J connectivity index is 2.27. The van der Waals surface area contributed by atoms with Crippen LogP contribution in [0, 0.1) is 19.7 Å². The first-order chi connectivity index (χ1) is 6.16. The van der Waals surface area contributed by atoms with Gasteiger partial charge in [0.1, 0.15) is 11.6 Å². The van der Waals surface area contributed by atoms with E-state index in [0.29, 0.717) is 11.7 Å². The summed E-state index contributed by atoms with van der Waals surface area (Å²) in [5.41, 5.74) is 1.54. The number of rotatable bonds is 2. The van der Waals surface area contributed by atoms with E-state index >= 15 is 0 Å². The highest BCUT2D eigenvalue weighted by Gasteiger charge is 2.24. The molecule has 2 heteroatoms. The second-order valence-corrected chi connectivity index (χ2v) is 3.68. The average molecular weight is 180 g/mol. The number of hydrogen-bond donors (Lipinski definition) is 0. The largest absolute Gasteiger partial charge is 0.490 e. The van der Waals surface area contributed by atoms with E-state index in [1.807, 2.05) is 6.92 Å². The minimum absolute atomic E-state index is 0.152. The average Bonchev–Trinajstić information content (AvgIpc) is 2.84. The molecule has 0 bridgehead atoms. The summed E-state index contributed by atoms with van der Waals surface area (Å²) in [5.74, 6) is 0.682. The molecule has 1 aromatic rings. The second kappa shape index (κ2) is 3.02. The lowest BCUT2D eigenvalue weighted by atomic mass is 10.1. The topological polar surface area (TPSA) is 9.23 Å². The van der Waals surface area contributed by atoms with Crippen LogP contribution in [-0.2, 0) is 0 Å². The van der Waals surface area contributed by atoms with Gasteiger partial charge in [0.25, 0.3) is 0 Å². The highest BCUT2D eigenvalue weighted by Crippen LogP contribution is 2.30. The van der Waals surface area contributed by atoms with E-state index in [2.05, 4.69) is 0 Å². The molecular formula is C11H13FO. The maximum absolute atomic E-state index is 13.1. The normalized spacial score (nSPS) is 15.9. The Hall–Kier alpha value is -1.05. The fraction of sp³-hybridized carbons (Fsp3) is 0.455. The molecule has 0 amide bonds. The summed E-state index contributed by atoms with van der Waals surface area (Å²) in [4.78, 5) is 0. The van der Waals surface area contributed by atoms with E-state index in [0.717, 1.165) is 24.2 Å². The van der Waals surface area contributed by atoms with Crippen LogP contribution in [0.3, 0.4) is 0 Å². The van der Waals surface area contributed by atoms with Crippen molar-refractivity contribution in [1.82, 2.24) is 0 Å². The molecule has 2 rings (SSSR count). The van der Waals surface area contributed by atoms with E-state index in [9.17, 15) is 4.39 Å². The molecule has 0 unspecified atom stereocenters. The lowest BCUT2D eigenvalue weighted by Gasteiger charge is -2.09. The fourth-order valence-corrected chi connectivity index (χ4v) is 1.25. The van der Waals surface area contributed by atoms with Crippen LogP contribution in [0.5, 0.6) is 5.75 Å². The summed E-state index contributed by atoms with van der Waals surface area (Å²) >= 11 is 0. The predicted octanol–water partition coefficient (Wildman–Crippen LogP) is 2.98. The first-order valence-electron chi connectivity index (χ1n) is 4.60. The van der Waals surface area contributed by atoms with Crippen molar-refractivity contribution in [2.75, 3.05) is 0 Å². The summed E-state index contributed by atoms with van der Waals surface area (Å²) in [5, 5.41) is 0. The van der Waals surface area contributed by atoms with E-state index in [1.165, 1.54) is 6.07 Å². The lowest BCUT2D eigenvalue weighted by Crippen LogP contribution is -1.99. The lowest BCUT2D eigenvalue weighted by molar-refractivity contribution is 0.300. The second-order valence-electron chi connectivity index (χ2n) is 3.68. The number of hydrogen-bond acceptors (Lipinski definition) is 1. The SMILES string of the molecule is Cc1cc(OC2CC2)c(C)cc1F. The number of ether oxygens (including phenoxy) is 1.